The van der Waals surface area contributed by atoms with Gasteiger partial charge >= 0.3 is 0 Å². The summed E-state index contributed by atoms with van der Waals surface area (Å²) in [6.45, 7) is 0. The van der Waals surface area contributed by atoms with Crippen LogP contribution in [0.25, 0.3) is 5.76 Å². The van der Waals surface area contributed by atoms with Crippen molar-refractivity contribution in [2.24, 2.45) is 0 Å². The summed E-state index contributed by atoms with van der Waals surface area (Å²) in [5, 5.41) is 75.0. The number of hydrogen-bond donors (Lipinski definition) is 8. The molecule has 1 atom stereocenters. The zero-order chi connectivity index (χ0) is 13.8. The van der Waals surface area contributed by atoms with Gasteiger partial charge in [-0.15, -0.1) is 0 Å². The molecule has 1 heterocycles. The summed E-state index contributed by atoms with van der Waals surface area (Å²) in [7, 11) is 0. The van der Waals surface area contributed by atoms with Gasteiger partial charge in [-0.2, -0.15) is 0 Å². The van der Waals surface area contributed by atoms with Crippen molar-refractivity contribution >= 4 is 28.8 Å². The van der Waals surface area contributed by atoms with Gasteiger partial charge in [0, 0.05) is 17.4 Å². The second-order valence-electron chi connectivity index (χ2n) is 3.57. The van der Waals surface area contributed by atoms with E-state index in [-0.39, 0.29) is 22.4 Å². The van der Waals surface area contributed by atoms with Crippen molar-refractivity contribution in [3.63, 3.8) is 0 Å². The minimum absolute atomic E-state index is 0. The number of aliphatic hydroxyl groups is 3. The van der Waals surface area contributed by atoms with Crippen LogP contribution in [0.1, 0.15) is 5.56 Å². The lowest BCUT2D eigenvalue weighted by Gasteiger charge is -2.30. The third kappa shape index (κ3) is 1.78. The van der Waals surface area contributed by atoms with Crippen molar-refractivity contribution in [3.05, 3.63) is 11.3 Å². The van der Waals surface area contributed by atoms with E-state index in [2.05, 4.69) is 0 Å². The number of anilines is 1. The lowest BCUT2D eigenvalue weighted by atomic mass is 10.0. The predicted octanol–water partition coefficient (Wildman–Crippen LogP) is -0.560. The van der Waals surface area contributed by atoms with Gasteiger partial charge in [0.15, 0.2) is 23.0 Å². The Bertz CT molecular complexity index is 572. The highest BCUT2D eigenvalue weighted by molar-refractivity contribution is 5.89. The predicted molar refractivity (Wildman–Crippen MR) is 61.3 cm³/mol. The van der Waals surface area contributed by atoms with E-state index in [1.54, 1.807) is 0 Å². The van der Waals surface area contributed by atoms with Crippen LogP contribution in [0.15, 0.2) is 5.76 Å². The SMILES string of the molecule is OC1=C(O)C(O)N(O)c2c(O)c(O)c(O)c(O)c21.[Al]. The summed E-state index contributed by atoms with van der Waals surface area (Å²) in [4.78, 5) is 0. The van der Waals surface area contributed by atoms with Crippen LogP contribution in [0.4, 0.5) is 5.69 Å². The van der Waals surface area contributed by atoms with E-state index in [0.717, 1.165) is 0 Å². The van der Waals surface area contributed by atoms with Crippen LogP contribution < -0.4 is 5.06 Å². The van der Waals surface area contributed by atoms with E-state index in [4.69, 9.17) is 0 Å². The number of nitrogens with zero attached hydrogens (tertiary/aromatic N) is 1. The van der Waals surface area contributed by atoms with Gasteiger partial charge in [-0.3, -0.25) is 5.21 Å². The Labute approximate surface area is 116 Å². The van der Waals surface area contributed by atoms with Crippen LogP contribution in [0.2, 0.25) is 0 Å². The van der Waals surface area contributed by atoms with Gasteiger partial charge in [0.05, 0.1) is 5.56 Å². The lowest BCUT2D eigenvalue weighted by molar-refractivity contribution is 0.0551. The first-order valence-electron chi connectivity index (χ1n) is 4.57. The Hall–Kier alpha value is -1.99. The number of phenols is 4. The second kappa shape index (κ2) is 4.60. The number of phenolic OH excluding ortho intramolecular Hbond substituents is 4. The van der Waals surface area contributed by atoms with Crippen molar-refractivity contribution in [1.82, 2.24) is 0 Å². The zero-order valence-corrected chi connectivity index (χ0v) is 10.3. The van der Waals surface area contributed by atoms with E-state index >= 15 is 0 Å². The Kier molecular flexibility index (Phi) is 3.65. The third-order valence-corrected chi connectivity index (χ3v) is 2.56. The van der Waals surface area contributed by atoms with Gasteiger partial charge in [-0.05, 0) is 0 Å². The molecule has 0 fully saturated rings. The molecule has 2 rings (SSSR count). The highest BCUT2D eigenvalue weighted by Crippen LogP contribution is 2.55. The molecule has 1 aromatic carbocycles. The summed E-state index contributed by atoms with van der Waals surface area (Å²) in [6.07, 6.45) is -2.10. The zero-order valence-electron chi connectivity index (χ0n) is 9.18. The largest absolute Gasteiger partial charge is 0.505 e. The standard InChI is InChI=1S/C9H9NO8.Al/c11-3-1-2(5(13)7(15)6(3)14)10(18)9(17)8(16)4(1)12;/h9,11-18H;. The summed E-state index contributed by atoms with van der Waals surface area (Å²) >= 11 is 0. The molecular weight excluding hydrogens is 277 g/mol. The van der Waals surface area contributed by atoms with Crippen molar-refractivity contribution in [2.45, 2.75) is 6.23 Å². The molecule has 0 aromatic heterocycles. The molecule has 0 aliphatic carbocycles. The van der Waals surface area contributed by atoms with E-state index in [0.29, 0.717) is 0 Å². The molecule has 0 saturated carbocycles. The molecule has 101 valence electrons. The highest BCUT2D eigenvalue weighted by atomic mass is 27.0. The molecule has 1 aliphatic heterocycles. The number of aliphatic hydroxyl groups excluding tert-OH is 3. The normalized spacial score (nSPS) is 18.0. The Morgan fingerprint density at radius 1 is 0.789 bits per heavy atom. The maximum Gasteiger partial charge on any atom is 0.213 e. The third-order valence-electron chi connectivity index (χ3n) is 2.56. The van der Waals surface area contributed by atoms with Gasteiger partial charge < -0.3 is 35.7 Å². The molecule has 0 amide bonds. The molecular formula is C9H9AlNO8. The summed E-state index contributed by atoms with van der Waals surface area (Å²) in [5.74, 6) is -6.67. The summed E-state index contributed by atoms with van der Waals surface area (Å²) in [6, 6.07) is 0. The maximum absolute atomic E-state index is 9.51. The molecule has 0 saturated heterocycles. The molecule has 0 spiro atoms. The van der Waals surface area contributed by atoms with E-state index in [1.807, 2.05) is 0 Å². The second-order valence-corrected chi connectivity index (χ2v) is 3.57. The quantitative estimate of drug-likeness (QED) is 0.177. The van der Waals surface area contributed by atoms with Crippen LogP contribution in [0.3, 0.4) is 0 Å². The molecule has 1 unspecified atom stereocenters. The van der Waals surface area contributed by atoms with Crippen molar-refractivity contribution < 1.29 is 41.0 Å². The molecule has 1 aromatic rings. The first-order chi connectivity index (χ1) is 8.29. The van der Waals surface area contributed by atoms with Crippen LogP contribution in [0.5, 0.6) is 23.0 Å². The number of fused-ring (bicyclic) bond motifs is 1. The number of hydrogen-bond acceptors (Lipinski definition) is 9. The monoisotopic (exact) mass is 286 g/mol. The number of hydroxylamine groups is 1. The van der Waals surface area contributed by atoms with Crippen LogP contribution >= 0.6 is 0 Å². The van der Waals surface area contributed by atoms with Gasteiger partial charge in [0.2, 0.25) is 17.7 Å². The average Bonchev–Trinajstić information content (AvgIpc) is 2.35. The fourth-order valence-electron chi connectivity index (χ4n) is 1.62. The molecule has 10 heteroatoms. The molecule has 19 heavy (non-hydrogen) atoms. The number of aromatic hydroxyl groups is 4. The topological polar surface area (TPSA) is 165 Å². The van der Waals surface area contributed by atoms with Crippen LogP contribution in [0, 0.1) is 0 Å². The molecule has 3 radical (unpaired) electrons. The molecule has 9 nitrogen and oxygen atoms in total. The van der Waals surface area contributed by atoms with Crippen molar-refractivity contribution in [2.75, 3.05) is 5.06 Å². The molecule has 1 aliphatic rings. The van der Waals surface area contributed by atoms with Crippen LogP contribution in [-0.4, -0.2) is 64.5 Å². The van der Waals surface area contributed by atoms with Crippen LogP contribution in [-0.2, 0) is 0 Å². The Morgan fingerprint density at radius 3 is 1.79 bits per heavy atom. The van der Waals surface area contributed by atoms with Gasteiger partial charge in [0.1, 0.15) is 5.69 Å². The fourth-order valence-corrected chi connectivity index (χ4v) is 1.62. The Balaban J connectivity index is 0.00000180. The summed E-state index contributed by atoms with van der Waals surface area (Å²) < 4.78 is 0. The first-order valence-corrected chi connectivity index (χ1v) is 4.57. The molecule has 0 bridgehead atoms. The number of rotatable bonds is 0. The average molecular weight is 286 g/mol. The lowest BCUT2D eigenvalue weighted by Crippen LogP contribution is -2.37. The van der Waals surface area contributed by atoms with Gasteiger partial charge in [0.25, 0.3) is 0 Å². The molecule has 8 N–H and O–H groups in total. The minimum atomic E-state index is -2.10. The van der Waals surface area contributed by atoms with Gasteiger partial charge in [-0.25, -0.2) is 5.06 Å². The minimum Gasteiger partial charge on any atom is -0.505 e. The summed E-state index contributed by atoms with van der Waals surface area (Å²) in [5.41, 5.74) is -1.52. The first kappa shape index (κ1) is 15.1. The van der Waals surface area contributed by atoms with E-state index < -0.39 is 52.0 Å². The highest BCUT2D eigenvalue weighted by Gasteiger charge is 2.39. The van der Waals surface area contributed by atoms with E-state index in [1.165, 1.54) is 0 Å². The van der Waals surface area contributed by atoms with Crippen molar-refractivity contribution in [1.29, 1.82) is 0 Å². The maximum atomic E-state index is 9.51. The smallest absolute Gasteiger partial charge is 0.213 e. The van der Waals surface area contributed by atoms with Crippen molar-refractivity contribution in [3.8, 4) is 23.0 Å². The van der Waals surface area contributed by atoms with E-state index in [9.17, 15) is 41.0 Å². The fraction of sp³-hybridized carbons (Fsp3) is 0.111. The Morgan fingerprint density at radius 2 is 1.26 bits per heavy atom. The van der Waals surface area contributed by atoms with Gasteiger partial charge in [-0.1, -0.05) is 0 Å². The number of benzene rings is 1.